The maximum atomic E-state index is 13.8. The molecule has 188 valence electrons. The summed E-state index contributed by atoms with van der Waals surface area (Å²) < 4.78 is 13.8. The Morgan fingerprint density at radius 3 is 2.32 bits per heavy atom. The minimum Gasteiger partial charge on any atom is -0.507 e. The van der Waals surface area contributed by atoms with Gasteiger partial charge >= 0.3 is 5.91 Å². The maximum absolute atomic E-state index is 13.8. The predicted octanol–water partition coefficient (Wildman–Crippen LogP) is 6.19. The highest BCUT2D eigenvalue weighted by Crippen LogP contribution is 2.42. The number of H-pyrrole nitrogens is 1. The van der Waals surface area contributed by atoms with Crippen LogP contribution >= 0.6 is 0 Å². The van der Waals surface area contributed by atoms with Gasteiger partial charge in [0.2, 0.25) is 5.95 Å². The molecule has 1 atom stereocenters. The SMILES string of the molecule is CCc1ccc(/C(O)=C2\C(=O)C(=O)N(c3nc4ccc(F)cc4[nH]3)C2c2ccc(C(C)(C)C)cc2)cc1. The number of aliphatic hydroxyl groups excluding tert-OH is 1. The van der Waals surface area contributed by atoms with Gasteiger partial charge in [-0.1, -0.05) is 76.2 Å². The van der Waals surface area contributed by atoms with Crippen LogP contribution in [0, 0.1) is 5.82 Å². The molecule has 1 fully saturated rings. The first-order valence-corrected chi connectivity index (χ1v) is 12.2. The van der Waals surface area contributed by atoms with E-state index in [-0.39, 0.29) is 22.7 Å². The summed E-state index contributed by atoms with van der Waals surface area (Å²) >= 11 is 0. The molecule has 2 heterocycles. The van der Waals surface area contributed by atoms with Crippen LogP contribution in [-0.4, -0.2) is 26.8 Å². The Hall–Kier alpha value is -4.26. The van der Waals surface area contributed by atoms with Crippen LogP contribution in [0.3, 0.4) is 0 Å². The van der Waals surface area contributed by atoms with Crippen molar-refractivity contribution in [3.63, 3.8) is 0 Å². The average molecular weight is 498 g/mol. The molecule has 1 aromatic heterocycles. The number of nitrogens with zero attached hydrogens (tertiary/aromatic N) is 2. The van der Waals surface area contributed by atoms with E-state index in [9.17, 15) is 19.1 Å². The number of aromatic amines is 1. The number of aromatic nitrogens is 2. The molecule has 1 aliphatic heterocycles. The van der Waals surface area contributed by atoms with Gasteiger partial charge in [-0.3, -0.25) is 14.5 Å². The van der Waals surface area contributed by atoms with Crippen LogP contribution in [0.5, 0.6) is 0 Å². The molecule has 2 N–H and O–H groups in total. The van der Waals surface area contributed by atoms with Crippen LogP contribution in [0.15, 0.2) is 72.3 Å². The summed E-state index contributed by atoms with van der Waals surface area (Å²) in [5.74, 6) is -2.23. The van der Waals surface area contributed by atoms with Crippen LogP contribution in [0.1, 0.15) is 56.0 Å². The van der Waals surface area contributed by atoms with Crippen LogP contribution < -0.4 is 4.90 Å². The molecule has 6 nitrogen and oxygen atoms in total. The quantitative estimate of drug-likeness (QED) is 0.200. The number of hydrogen-bond donors (Lipinski definition) is 2. The van der Waals surface area contributed by atoms with E-state index in [4.69, 9.17) is 0 Å². The number of carbonyl (C=O) groups is 2. The minimum atomic E-state index is -0.926. The number of imidazole rings is 1. The van der Waals surface area contributed by atoms with Crippen molar-refractivity contribution in [2.45, 2.75) is 45.6 Å². The van der Waals surface area contributed by atoms with E-state index in [1.165, 1.54) is 23.1 Å². The number of rotatable bonds is 4. The van der Waals surface area contributed by atoms with Crippen molar-refractivity contribution < 1.29 is 19.1 Å². The second-order valence-corrected chi connectivity index (χ2v) is 10.3. The number of fused-ring (bicyclic) bond motifs is 1. The number of benzene rings is 3. The first-order chi connectivity index (χ1) is 17.6. The molecule has 7 heteroatoms. The Morgan fingerprint density at radius 2 is 1.70 bits per heavy atom. The first kappa shape index (κ1) is 24.4. The van der Waals surface area contributed by atoms with E-state index in [2.05, 4.69) is 30.7 Å². The molecule has 1 saturated heterocycles. The summed E-state index contributed by atoms with van der Waals surface area (Å²) in [7, 11) is 0. The Labute approximate surface area is 214 Å². The summed E-state index contributed by atoms with van der Waals surface area (Å²) in [6, 6.07) is 18.0. The van der Waals surface area contributed by atoms with Crippen molar-refractivity contribution in [2.75, 3.05) is 4.90 Å². The van der Waals surface area contributed by atoms with Gasteiger partial charge in [0.1, 0.15) is 11.6 Å². The van der Waals surface area contributed by atoms with Crippen LogP contribution in [-0.2, 0) is 21.4 Å². The third kappa shape index (κ3) is 4.31. The third-order valence-electron chi connectivity index (χ3n) is 6.83. The topological polar surface area (TPSA) is 86.3 Å². The largest absolute Gasteiger partial charge is 0.507 e. The fourth-order valence-corrected chi connectivity index (χ4v) is 4.67. The standard InChI is InChI=1S/C30H28FN3O3/c1-5-17-6-8-19(9-7-17)26(35)24-25(18-10-12-20(13-11-18)30(2,3)4)34(28(37)27(24)36)29-32-22-15-14-21(31)16-23(22)33-29/h6-16,25,35H,5H2,1-4H3,(H,32,33)/b26-24+. The fraction of sp³-hybridized carbons (Fsp3) is 0.233. The second-order valence-electron chi connectivity index (χ2n) is 10.3. The van der Waals surface area contributed by atoms with Gasteiger partial charge in [0.05, 0.1) is 22.6 Å². The van der Waals surface area contributed by atoms with Gasteiger partial charge in [0, 0.05) is 5.56 Å². The lowest BCUT2D eigenvalue weighted by atomic mass is 9.85. The molecule has 1 unspecified atom stereocenters. The van der Waals surface area contributed by atoms with Crippen molar-refractivity contribution in [1.82, 2.24) is 9.97 Å². The number of hydrogen-bond acceptors (Lipinski definition) is 4. The lowest BCUT2D eigenvalue weighted by molar-refractivity contribution is -0.132. The van der Waals surface area contributed by atoms with Gasteiger partial charge in [0.15, 0.2) is 0 Å². The average Bonchev–Trinajstić information content (AvgIpc) is 3.40. The fourth-order valence-electron chi connectivity index (χ4n) is 4.67. The van der Waals surface area contributed by atoms with E-state index in [0.29, 0.717) is 22.2 Å². The number of amides is 1. The summed E-state index contributed by atoms with van der Waals surface area (Å²) in [6.45, 7) is 8.33. The zero-order valence-corrected chi connectivity index (χ0v) is 21.2. The molecule has 0 bridgehead atoms. The van der Waals surface area contributed by atoms with E-state index in [1.54, 1.807) is 12.1 Å². The third-order valence-corrected chi connectivity index (χ3v) is 6.83. The Kier molecular flexibility index (Phi) is 5.94. The smallest absolute Gasteiger partial charge is 0.302 e. The summed E-state index contributed by atoms with van der Waals surface area (Å²) in [4.78, 5) is 35.5. The molecule has 37 heavy (non-hydrogen) atoms. The van der Waals surface area contributed by atoms with Gasteiger partial charge in [-0.2, -0.15) is 0 Å². The molecule has 0 saturated carbocycles. The van der Waals surface area contributed by atoms with E-state index < -0.39 is 23.5 Å². The number of ketones is 1. The van der Waals surface area contributed by atoms with E-state index >= 15 is 0 Å². The normalized spacial score (nSPS) is 17.6. The second kappa shape index (κ2) is 9.00. The van der Waals surface area contributed by atoms with Gasteiger partial charge in [-0.25, -0.2) is 9.37 Å². The number of halogens is 1. The van der Waals surface area contributed by atoms with E-state index in [1.807, 2.05) is 43.3 Å². The molecule has 3 aromatic carbocycles. The lowest BCUT2D eigenvalue weighted by Gasteiger charge is -2.25. The van der Waals surface area contributed by atoms with Gasteiger partial charge in [0.25, 0.3) is 5.78 Å². The minimum absolute atomic E-state index is 0.0237. The highest BCUT2D eigenvalue weighted by atomic mass is 19.1. The number of aryl methyl sites for hydroxylation is 1. The van der Waals surface area contributed by atoms with Crippen LogP contribution in [0.2, 0.25) is 0 Å². The lowest BCUT2D eigenvalue weighted by Crippen LogP contribution is -2.30. The number of nitrogens with one attached hydrogen (secondary N) is 1. The number of aliphatic hydroxyl groups is 1. The Morgan fingerprint density at radius 1 is 1.03 bits per heavy atom. The predicted molar refractivity (Wildman–Crippen MR) is 142 cm³/mol. The molecular formula is C30H28FN3O3. The summed E-state index contributed by atoms with van der Waals surface area (Å²) in [5, 5.41) is 11.3. The molecule has 1 amide bonds. The maximum Gasteiger partial charge on any atom is 0.302 e. The van der Waals surface area contributed by atoms with Crippen molar-refractivity contribution >= 4 is 34.4 Å². The number of carbonyl (C=O) groups excluding carboxylic acids is 2. The number of anilines is 1. The van der Waals surface area contributed by atoms with Crippen molar-refractivity contribution in [2.24, 2.45) is 0 Å². The van der Waals surface area contributed by atoms with E-state index in [0.717, 1.165) is 17.5 Å². The van der Waals surface area contributed by atoms with Gasteiger partial charge in [-0.15, -0.1) is 0 Å². The monoisotopic (exact) mass is 497 g/mol. The highest BCUT2D eigenvalue weighted by Gasteiger charge is 2.48. The summed E-state index contributed by atoms with van der Waals surface area (Å²) in [5.41, 5.74) is 3.99. The molecule has 0 radical (unpaired) electrons. The zero-order chi connectivity index (χ0) is 26.5. The zero-order valence-electron chi connectivity index (χ0n) is 21.2. The van der Waals surface area contributed by atoms with Crippen molar-refractivity contribution in [3.8, 4) is 0 Å². The van der Waals surface area contributed by atoms with Crippen LogP contribution in [0.4, 0.5) is 10.3 Å². The first-order valence-electron chi connectivity index (χ1n) is 12.2. The molecular weight excluding hydrogens is 469 g/mol. The Balaban J connectivity index is 1.70. The van der Waals surface area contributed by atoms with Crippen LogP contribution in [0.25, 0.3) is 16.8 Å². The van der Waals surface area contributed by atoms with Crippen molar-refractivity contribution in [1.29, 1.82) is 0 Å². The molecule has 4 aromatic rings. The highest BCUT2D eigenvalue weighted by molar-refractivity contribution is 6.51. The van der Waals surface area contributed by atoms with Gasteiger partial charge < -0.3 is 10.1 Å². The van der Waals surface area contributed by atoms with Gasteiger partial charge in [-0.05, 0) is 46.7 Å². The molecule has 5 rings (SSSR count). The molecule has 0 aliphatic carbocycles. The molecule has 0 spiro atoms. The molecule has 1 aliphatic rings. The Bertz CT molecular complexity index is 1540. The number of Topliss-reactive ketones (excluding diaryl/α,β-unsaturated/α-hetero) is 1. The summed E-state index contributed by atoms with van der Waals surface area (Å²) in [6.07, 6.45) is 0.832. The van der Waals surface area contributed by atoms with Crippen molar-refractivity contribution in [3.05, 3.63) is 100 Å².